The fourth-order valence-electron chi connectivity index (χ4n) is 1.22. The average molecular weight is 271 g/mol. The lowest BCUT2D eigenvalue weighted by Crippen LogP contribution is -2.41. The number of alkyl carbamates (subject to hydrolysis) is 1. The molecule has 0 heterocycles. The SMILES string of the molecule is CC(NC(=O)OCc1ccc(F)cc1F)C(C)(C)C. The van der Waals surface area contributed by atoms with Gasteiger partial charge in [0.15, 0.2) is 0 Å². The summed E-state index contributed by atoms with van der Waals surface area (Å²) < 4.78 is 30.9. The Hall–Kier alpha value is -1.65. The van der Waals surface area contributed by atoms with E-state index in [0.29, 0.717) is 0 Å². The number of carbonyl (C=O) groups excluding carboxylic acids is 1. The van der Waals surface area contributed by atoms with E-state index in [-0.39, 0.29) is 23.6 Å². The predicted molar refractivity (Wildman–Crippen MR) is 68.6 cm³/mol. The standard InChI is InChI=1S/C14H19F2NO2/c1-9(14(2,3)4)17-13(18)19-8-10-5-6-11(15)7-12(10)16/h5-7,9H,8H2,1-4H3,(H,17,18). The molecule has 5 heteroatoms. The van der Waals surface area contributed by atoms with Crippen LogP contribution < -0.4 is 5.32 Å². The fourth-order valence-corrected chi connectivity index (χ4v) is 1.22. The van der Waals surface area contributed by atoms with Gasteiger partial charge >= 0.3 is 6.09 Å². The van der Waals surface area contributed by atoms with E-state index < -0.39 is 17.7 Å². The summed E-state index contributed by atoms with van der Waals surface area (Å²) in [6.07, 6.45) is -0.619. The zero-order valence-electron chi connectivity index (χ0n) is 11.6. The van der Waals surface area contributed by atoms with Crippen molar-refractivity contribution in [3.05, 3.63) is 35.4 Å². The molecule has 1 unspecified atom stereocenters. The van der Waals surface area contributed by atoms with Gasteiger partial charge in [0.2, 0.25) is 0 Å². The Morgan fingerprint density at radius 3 is 2.53 bits per heavy atom. The first-order valence-corrected chi connectivity index (χ1v) is 6.07. The van der Waals surface area contributed by atoms with Gasteiger partial charge in [-0.2, -0.15) is 0 Å². The Labute approximate surface area is 112 Å². The van der Waals surface area contributed by atoms with Gasteiger partial charge in [-0.15, -0.1) is 0 Å². The quantitative estimate of drug-likeness (QED) is 0.911. The summed E-state index contributed by atoms with van der Waals surface area (Å²) in [4.78, 5) is 11.5. The molecular formula is C14H19F2NO2. The van der Waals surface area contributed by atoms with Crippen molar-refractivity contribution in [2.75, 3.05) is 0 Å². The topological polar surface area (TPSA) is 38.3 Å². The van der Waals surface area contributed by atoms with E-state index in [4.69, 9.17) is 4.74 Å². The van der Waals surface area contributed by atoms with Crippen molar-refractivity contribution < 1.29 is 18.3 Å². The van der Waals surface area contributed by atoms with Gasteiger partial charge in [0, 0.05) is 17.7 Å². The Morgan fingerprint density at radius 2 is 2.00 bits per heavy atom. The molecule has 1 N–H and O–H groups in total. The molecule has 1 rings (SSSR count). The minimum absolute atomic E-state index is 0.0851. The molecule has 0 bridgehead atoms. The van der Waals surface area contributed by atoms with E-state index in [1.165, 1.54) is 6.07 Å². The molecule has 0 aromatic heterocycles. The van der Waals surface area contributed by atoms with Crippen molar-refractivity contribution in [1.29, 1.82) is 0 Å². The second-order valence-electron chi connectivity index (χ2n) is 5.54. The van der Waals surface area contributed by atoms with Crippen molar-refractivity contribution >= 4 is 6.09 Å². The van der Waals surface area contributed by atoms with Crippen LogP contribution in [0.3, 0.4) is 0 Å². The van der Waals surface area contributed by atoms with E-state index in [9.17, 15) is 13.6 Å². The molecule has 0 radical (unpaired) electrons. The molecule has 0 saturated heterocycles. The van der Waals surface area contributed by atoms with Gasteiger partial charge < -0.3 is 10.1 Å². The van der Waals surface area contributed by atoms with Gasteiger partial charge in [-0.05, 0) is 24.5 Å². The first-order valence-electron chi connectivity index (χ1n) is 6.07. The molecule has 106 valence electrons. The molecule has 1 aromatic carbocycles. The maximum absolute atomic E-state index is 13.3. The van der Waals surface area contributed by atoms with Gasteiger partial charge in [0.1, 0.15) is 18.2 Å². The maximum Gasteiger partial charge on any atom is 0.407 e. The highest BCUT2D eigenvalue weighted by molar-refractivity contribution is 5.67. The van der Waals surface area contributed by atoms with Crippen LogP contribution in [-0.2, 0) is 11.3 Å². The minimum Gasteiger partial charge on any atom is -0.445 e. The number of hydrogen-bond donors (Lipinski definition) is 1. The monoisotopic (exact) mass is 271 g/mol. The minimum atomic E-state index is -0.725. The Morgan fingerprint density at radius 1 is 1.37 bits per heavy atom. The maximum atomic E-state index is 13.3. The average Bonchev–Trinajstić information content (AvgIpc) is 2.26. The summed E-state index contributed by atoms with van der Waals surface area (Å²) in [6.45, 7) is 7.58. The second-order valence-corrected chi connectivity index (χ2v) is 5.54. The summed E-state index contributed by atoms with van der Waals surface area (Å²) in [5, 5.41) is 2.66. The molecule has 0 aliphatic rings. The van der Waals surface area contributed by atoms with Gasteiger partial charge in [-0.25, -0.2) is 13.6 Å². The van der Waals surface area contributed by atoms with Gasteiger partial charge in [0.25, 0.3) is 0 Å². The van der Waals surface area contributed by atoms with E-state index in [1.54, 1.807) is 0 Å². The van der Waals surface area contributed by atoms with E-state index >= 15 is 0 Å². The molecule has 0 aliphatic carbocycles. The third-order valence-corrected chi connectivity index (χ3v) is 3.01. The predicted octanol–water partition coefficient (Wildman–Crippen LogP) is 3.63. The van der Waals surface area contributed by atoms with Crippen LogP contribution in [0.4, 0.5) is 13.6 Å². The molecule has 1 atom stereocenters. The van der Waals surface area contributed by atoms with Crippen LogP contribution >= 0.6 is 0 Å². The van der Waals surface area contributed by atoms with Crippen LogP contribution in [0.1, 0.15) is 33.3 Å². The summed E-state index contributed by atoms with van der Waals surface area (Å²) in [5.74, 6) is -1.39. The molecule has 0 aliphatic heterocycles. The number of carbonyl (C=O) groups is 1. The lowest BCUT2D eigenvalue weighted by molar-refractivity contribution is 0.127. The van der Waals surface area contributed by atoms with Gasteiger partial charge in [-0.3, -0.25) is 0 Å². The number of rotatable bonds is 3. The lowest BCUT2D eigenvalue weighted by atomic mass is 9.88. The number of nitrogens with one attached hydrogen (secondary N) is 1. The summed E-state index contributed by atoms with van der Waals surface area (Å²) >= 11 is 0. The number of halogens is 2. The van der Waals surface area contributed by atoms with Crippen molar-refractivity contribution in [3.63, 3.8) is 0 Å². The van der Waals surface area contributed by atoms with E-state index in [2.05, 4.69) is 5.32 Å². The number of hydrogen-bond acceptors (Lipinski definition) is 2. The molecule has 0 fully saturated rings. The first-order chi connectivity index (χ1) is 8.70. The van der Waals surface area contributed by atoms with Gasteiger partial charge in [0.05, 0.1) is 0 Å². The second kappa shape index (κ2) is 5.99. The Balaban J connectivity index is 2.51. The van der Waals surface area contributed by atoms with E-state index in [0.717, 1.165) is 12.1 Å². The van der Waals surface area contributed by atoms with Crippen LogP contribution in [-0.4, -0.2) is 12.1 Å². The largest absolute Gasteiger partial charge is 0.445 e. The van der Waals surface area contributed by atoms with Crippen LogP contribution in [0.25, 0.3) is 0 Å². The van der Waals surface area contributed by atoms with Crippen molar-refractivity contribution in [3.8, 4) is 0 Å². The molecule has 19 heavy (non-hydrogen) atoms. The summed E-state index contributed by atoms with van der Waals surface area (Å²) in [5.41, 5.74) is 0.0418. The third-order valence-electron chi connectivity index (χ3n) is 3.01. The van der Waals surface area contributed by atoms with Crippen molar-refractivity contribution in [1.82, 2.24) is 5.32 Å². The van der Waals surface area contributed by atoms with Gasteiger partial charge in [-0.1, -0.05) is 20.8 Å². The number of amides is 1. The normalized spacial score (nSPS) is 12.9. The van der Waals surface area contributed by atoms with Crippen molar-refractivity contribution in [2.24, 2.45) is 5.41 Å². The summed E-state index contributed by atoms with van der Waals surface area (Å²) in [6, 6.07) is 3.05. The molecule has 0 spiro atoms. The van der Waals surface area contributed by atoms with E-state index in [1.807, 2.05) is 27.7 Å². The number of benzene rings is 1. The Bertz CT molecular complexity index is 455. The molecular weight excluding hydrogens is 252 g/mol. The molecule has 1 aromatic rings. The third kappa shape index (κ3) is 4.85. The first kappa shape index (κ1) is 15.4. The lowest BCUT2D eigenvalue weighted by Gasteiger charge is -2.27. The van der Waals surface area contributed by atoms with Crippen LogP contribution in [0.15, 0.2) is 18.2 Å². The highest BCUT2D eigenvalue weighted by Gasteiger charge is 2.22. The zero-order valence-corrected chi connectivity index (χ0v) is 11.6. The molecule has 1 amide bonds. The Kier molecular flexibility index (Phi) is 4.86. The highest BCUT2D eigenvalue weighted by atomic mass is 19.1. The van der Waals surface area contributed by atoms with Crippen LogP contribution in [0.2, 0.25) is 0 Å². The molecule has 0 saturated carbocycles. The van der Waals surface area contributed by atoms with Crippen LogP contribution in [0.5, 0.6) is 0 Å². The zero-order chi connectivity index (χ0) is 14.6. The smallest absolute Gasteiger partial charge is 0.407 e. The van der Waals surface area contributed by atoms with Crippen molar-refractivity contribution in [2.45, 2.75) is 40.3 Å². The summed E-state index contributed by atoms with van der Waals surface area (Å²) in [7, 11) is 0. The highest BCUT2D eigenvalue weighted by Crippen LogP contribution is 2.18. The van der Waals surface area contributed by atoms with Crippen LogP contribution in [0, 0.1) is 17.0 Å². The fraction of sp³-hybridized carbons (Fsp3) is 0.500. The number of ether oxygens (including phenoxy) is 1. The molecule has 3 nitrogen and oxygen atoms in total.